The molecule has 28 heavy (non-hydrogen) atoms. The summed E-state index contributed by atoms with van der Waals surface area (Å²) in [4.78, 5) is 27.0. The van der Waals surface area contributed by atoms with Crippen molar-refractivity contribution in [3.05, 3.63) is 81.7 Å². The van der Waals surface area contributed by atoms with E-state index < -0.39 is 0 Å². The Labute approximate surface area is 171 Å². The normalized spacial score (nSPS) is 15.6. The number of hydrogen-bond acceptors (Lipinski definition) is 4. The van der Waals surface area contributed by atoms with Crippen LogP contribution in [-0.4, -0.2) is 23.2 Å². The Morgan fingerprint density at radius 3 is 2.57 bits per heavy atom. The van der Waals surface area contributed by atoms with Gasteiger partial charge in [-0.3, -0.25) is 14.5 Å². The first-order valence-corrected chi connectivity index (χ1v) is 9.82. The van der Waals surface area contributed by atoms with Gasteiger partial charge in [0.15, 0.2) is 0 Å². The Bertz CT molecular complexity index is 1130. The van der Waals surface area contributed by atoms with Crippen LogP contribution in [0.1, 0.15) is 11.1 Å². The van der Waals surface area contributed by atoms with E-state index >= 15 is 0 Å². The molecule has 140 valence electrons. The number of fused-ring (bicyclic) bond motifs is 1. The van der Waals surface area contributed by atoms with Gasteiger partial charge >= 0.3 is 0 Å². The fraction of sp³-hybridized carbons (Fsp3) is 0.0909. The van der Waals surface area contributed by atoms with Crippen molar-refractivity contribution < 1.29 is 14.3 Å². The molecule has 0 aliphatic carbocycles. The van der Waals surface area contributed by atoms with E-state index in [2.05, 4.69) is 0 Å². The Hall–Kier alpha value is -2.76. The minimum Gasteiger partial charge on any atom is -0.496 e. The minimum atomic E-state index is -0.329. The summed E-state index contributed by atoms with van der Waals surface area (Å²) in [6, 6.07) is 18.9. The standard InChI is InChI=1S/C22H16ClNO3S/c1-27-19-11-10-14-6-2-4-8-16(14)17(19)12-20-21(25)24(22(26)28-20)13-15-7-3-5-9-18(15)23/h2-12H,13H2,1H3/b20-12-. The van der Waals surface area contributed by atoms with Crippen LogP contribution in [0, 0.1) is 0 Å². The summed E-state index contributed by atoms with van der Waals surface area (Å²) >= 11 is 7.11. The van der Waals surface area contributed by atoms with Gasteiger partial charge in [-0.2, -0.15) is 0 Å². The van der Waals surface area contributed by atoms with E-state index in [0.717, 1.165) is 33.7 Å². The van der Waals surface area contributed by atoms with Crippen LogP contribution in [0.15, 0.2) is 65.6 Å². The number of amides is 2. The first-order chi connectivity index (χ1) is 13.6. The number of nitrogens with zero attached hydrogens (tertiary/aromatic N) is 1. The number of hydrogen-bond donors (Lipinski definition) is 0. The zero-order valence-electron chi connectivity index (χ0n) is 15.0. The lowest BCUT2D eigenvalue weighted by Gasteiger charge is -2.13. The number of carbonyl (C=O) groups excluding carboxylic acids is 2. The van der Waals surface area contributed by atoms with Gasteiger partial charge in [0.1, 0.15) is 5.75 Å². The molecule has 1 fully saturated rings. The van der Waals surface area contributed by atoms with Gasteiger partial charge < -0.3 is 4.74 Å². The van der Waals surface area contributed by atoms with Gasteiger partial charge in [0, 0.05) is 10.6 Å². The average Bonchev–Trinajstić information content (AvgIpc) is 2.97. The summed E-state index contributed by atoms with van der Waals surface area (Å²) < 4.78 is 5.48. The molecule has 4 nitrogen and oxygen atoms in total. The predicted molar refractivity (Wildman–Crippen MR) is 113 cm³/mol. The van der Waals surface area contributed by atoms with Crippen molar-refractivity contribution in [2.45, 2.75) is 6.54 Å². The molecule has 0 saturated carbocycles. The second-order valence-corrected chi connectivity index (χ2v) is 7.66. The van der Waals surface area contributed by atoms with Crippen molar-refractivity contribution in [1.29, 1.82) is 0 Å². The number of methoxy groups -OCH3 is 1. The largest absolute Gasteiger partial charge is 0.496 e. The lowest BCUT2D eigenvalue weighted by Crippen LogP contribution is -2.27. The average molecular weight is 410 g/mol. The van der Waals surface area contributed by atoms with E-state index in [1.54, 1.807) is 19.3 Å². The van der Waals surface area contributed by atoms with Crippen molar-refractivity contribution >= 4 is 51.4 Å². The molecule has 1 heterocycles. The summed E-state index contributed by atoms with van der Waals surface area (Å²) in [5.74, 6) is 0.321. The Morgan fingerprint density at radius 2 is 1.79 bits per heavy atom. The van der Waals surface area contributed by atoms with E-state index in [1.165, 1.54) is 4.90 Å². The molecular weight excluding hydrogens is 394 g/mol. The molecule has 0 spiro atoms. The van der Waals surface area contributed by atoms with Crippen molar-refractivity contribution in [3.63, 3.8) is 0 Å². The van der Waals surface area contributed by atoms with E-state index in [4.69, 9.17) is 16.3 Å². The van der Waals surface area contributed by atoms with Crippen LogP contribution in [0.4, 0.5) is 4.79 Å². The lowest BCUT2D eigenvalue weighted by atomic mass is 10.0. The maximum absolute atomic E-state index is 12.9. The van der Waals surface area contributed by atoms with E-state index in [-0.39, 0.29) is 17.7 Å². The third-order valence-corrected chi connectivity index (χ3v) is 5.86. The quantitative estimate of drug-likeness (QED) is 0.515. The Kier molecular flexibility index (Phi) is 5.11. The number of imide groups is 1. The van der Waals surface area contributed by atoms with E-state index in [0.29, 0.717) is 15.7 Å². The van der Waals surface area contributed by atoms with Crippen LogP contribution < -0.4 is 4.74 Å². The van der Waals surface area contributed by atoms with E-state index in [9.17, 15) is 9.59 Å². The number of rotatable bonds is 4. The monoisotopic (exact) mass is 409 g/mol. The van der Waals surface area contributed by atoms with Crippen LogP contribution in [0.5, 0.6) is 5.75 Å². The number of ether oxygens (including phenoxy) is 1. The summed E-state index contributed by atoms with van der Waals surface area (Å²) in [6.45, 7) is 0.147. The fourth-order valence-corrected chi connectivity index (χ4v) is 4.18. The molecule has 0 aromatic heterocycles. The van der Waals surface area contributed by atoms with Crippen LogP contribution in [0.2, 0.25) is 5.02 Å². The molecular formula is C22H16ClNO3S. The zero-order valence-corrected chi connectivity index (χ0v) is 16.6. The summed E-state index contributed by atoms with van der Waals surface area (Å²) in [5.41, 5.74) is 1.51. The SMILES string of the molecule is COc1ccc2ccccc2c1/C=C1\SC(=O)N(Cc2ccccc2Cl)C1=O. The van der Waals surface area contributed by atoms with Crippen LogP contribution in [0.25, 0.3) is 16.8 Å². The molecule has 2 amide bonds. The highest BCUT2D eigenvalue weighted by Crippen LogP contribution is 2.37. The van der Waals surface area contributed by atoms with Crippen LogP contribution in [-0.2, 0) is 11.3 Å². The van der Waals surface area contributed by atoms with Gasteiger partial charge in [-0.05, 0) is 46.3 Å². The highest BCUT2D eigenvalue weighted by atomic mass is 35.5. The minimum absolute atomic E-state index is 0.147. The second-order valence-electron chi connectivity index (χ2n) is 6.26. The topological polar surface area (TPSA) is 46.6 Å². The van der Waals surface area contributed by atoms with Gasteiger partial charge in [0.25, 0.3) is 11.1 Å². The maximum atomic E-state index is 12.9. The fourth-order valence-electron chi connectivity index (χ4n) is 3.17. The third kappa shape index (κ3) is 3.39. The molecule has 0 N–H and O–H groups in total. The van der Waals surface area contributed by atoms with Gasteiger partial charge in [-0.25, -0.2) is 0 Å². The lowest BCUT2D eigenvalue weighted by molar-refractivity contribution is -0.123. The number of benzene rings is 3. The summed E-state index contributed by atoms with van der Waals surface area (Å²) in [5, 5.41) is 2.21. The van der Waals surface area contributed by atoms with Crippen molar-refractivity contribution in [3.8, 4) is 5.75 Å². The molecule has 6 heteroatoms. The van der Waals surface area contributed by atoms with Gasteiger partial charge in [-0.15, -0.1) is 0 Å². The molecule has 0 bridgehead atoms. The molecule has 1 aliphatic rings. The highest BCUT2D eigenvalue weighted by molar-refractivity contribution is 8.18. The van der Waals surface area contributed by atoms with Crippen molar-refractivity contribution in [1.82, 2.24) is 4.90 Å². The predicted octanol–water partition coefficient (Wildman–Crippen LogP) is 5.74. The first-order valence-electron chi connectivity index (χ1n) is 8.63. The summed E-state index contributed by atoms with van der Waals surface area (Å²) in [6.07, 6.45) is 1.73. The van der Waals surface area contributed by atoms with Crippen LogP contribution in [0.3, 0.4) is 0 Å². The van der Waals surface area contributed by atoms with Gasteiger partial charge in [0.2, 0.25) is 0 Å². The molecule has 1 saturated heterocycles. The van der Waals surface area contributed by atoms with Gasteiger partial charge in [0.05, 0.1) is 18.6 Å². The van der Waals surface area contributed by atoms with Crippen molar-refractivity contribution in [2.75, 3.05) is 7.11 Å². The molecule has 3 aromatic rings. The first kappa shape index (κ1) is 18.6. The zero-order chi connectivity index (χ0) is 19.7. The number of carbonyl (C=O) groups is 2. The second kappa shape index (κ2) is 7.70. The van der Waals surface area contributed by atoms with Gasteiger partial charge in [-0.1, -0.05) is 60.1 Å². The number of halogens is 1. The highest BCUT2D eigenvalue weighted by Gasteiger charge is 2.35. The van der Waals surface area contributed by atoms with Crippen molar-refractivity contribution in [2.24, 2.45) is 0 Å². The Balaban J connectivity index is 1.72. The van der Waals surface area contributed by atoms with Crippen LogP contribution >= 0.6 is 23.4 Å². The molecule has 0 radical (unpaired) electrons. The Morgan fingerprint density at radius 1 is 1.04 bits per heavy atom. The van der Waals surface area contributed by atoms with E-state index in [1.807, 2.05) is 54.6 Å². The molecule has 3 aromatic carbocycles. The molecule has 4 rings (SSSR count). The smallest absolute Gasteiger partial charge is 0.293 e. The molecule has 0 atom stereocenters. The third-order valence-electron chi connectivity index (χ3n) is 4.59. The summed E-state index contributed by atoms with van der Waals surface area (Å²) in [7, 11) is 1.59. The molecule has 1 aliphatic heterocycles. The molecule has 0 unspecified atom stereocenters. The number of thioether (sulfide) groups is 1. The maximum Gasteiger partial charge on any atom is 0.293 e.